The lowest BCUT2D eigenvalue weighted by Gasteiger charge is -2.50. The van der Waals surface area contributed by atoms with Crippen LogP contribution in [0.25, 0.3) is 4.85 Å². The molecule has 0 N–H and O–H groups in total. The molecular weight excluding hydrogens is 355 g/mol. The van der Waals surface area contributed by atoms with E-state index in [1.807, 2.05) is 37.3 Å². The lowest BCUT2D eigenvalue weighted by atomic mass is 9.58. The number of amides is 1. The van der Waals surface area contributed by atoms with E-state index in [2.05, 4.69) is 4.85 Å². The fourth-order valence-corrected chi connectivity index (χ4v) is 4.58. The Morgan fingerprint density at radius 3 is 2.43 bits per heavy atom. The Bertz CT molecular complexity index is 1010. The SMILES string of the molecule is [C-]#[N+]C1=C[C@@]2(c3ccccc3)C(=O)N(c3ccc(F)cc3)CC[C@@H]2[C@@H](C)C1=O. The van der Waals surface area contributed by atoms with Crippen LogP contribution in [0.3, 0.4) is 0 Å². The quantitative estimate of drug-likeness (QED) is 0.742. The Morgan fingerprint density at radius 2 is 1.79 bits per heavy atom. The number of rotatable bonds is 2. The summed E-state index contributed by atoms with van der Waals surface area (Å²) in [5.41, 5.74) is 0.322. The number of halogens is 1. The van der Waals surface area contributed by atoms with Crippen LogP contribution in [0.2, 0.25) is 0 Å². The predicted molar refractivity (Wildman–Crippen MR) is 104 cm³/mol. The van der Waals surface area contributed by atoms with Crippen LogP contribution in [0.5, 0.6) is 0 Å². The normalized spacial score (nSPS) is 27.0. The maximum absolute atomic E-state index is 13.9. The molecule has 1 aliphatic heterocycles. The minimum atomic E-state index is -1.08. The van der Waals surface area contributed by atoms with Crippen LogP contribution in [-0.4, -0.2) is 18.2 Å². The molecule has 0 aromatic heterocycles. The molecule has 0 unspecified atom stereocenters. The molecular formula is C23H19FN2O2. The highest BCUT2D eigenvalue weighted by Crippen LogP contribution is 2.49. The number of carbonyl (C=O) groups is 2. The Labute approximate surface area is 163 Å². The number of benzene rings is 2. The molecule has 0 bridgehead atoms. The number of carbonyl (C=O) groups excluding carboxylic acids is 2. The minimum Gasteiger partial charge on any atom is -0.311 e. The maximum atomic E-state index is 13.9. The van der Waals surface area contributed by atoms with E-state index in [1.54, 1.807) is 23.1 Å². The standard InChI is InChI=1S/C23H19FN2O2/c1-15-19-12-13-26(18-10-8-17(24)9-11-18)22(28)23(19,14-20(25-2)21(15)27)16-6-4-3-5-7-16/h3-11,14-15,19H,12-13H2,1H3/t15-,19-,23+/m1/s1. The molecule has 1 heterocycles. The Kier molecular flexibility index (Phi) is 4.35. The number of anilines is 1. The van der Waals surface area contributed by atoms with Crippen molar-refractivity contribution in [3.05, 3.63) is 89.2 Å². The summed E-state index contributed by atoms with van der Waals surface area (Å²) in [5.74, 6) is -1.39. The second kappa shape index (κ2) is 6.72. The van der Waals surface area contributed by atoms with Crippen LogP contribution in [0.4, 0.5) is 10.1 Å². The van der Waals surface area contributed by atoms with Crippen molar-refractivity contribution in [2.45, 2.75) is 18.8 Å². The maximum Gasteiger partial charge on any atom is 0.240 e. The molecule has 0 saturated carbocycles. The van der Waals surface area contributed by atoms with Gasteiger partial charge in [-0.05, 0) is 42.2 Å². The first kappa shape index (κ1) is 18.1. The van der Waals surface area contributed by atoms with E-state index in [0.29, 0.717) is 18.7 Å². The van der Waals surface area contributed by atoms with Gasteiger partial charge in [-0.15, -0.1) is 0 Å². The van der Waals surface area contributed by atoms with Gasteiger partial charge in [-0.2, -0.15) is 0 Å². The molecule has 2 aromatic carbocycles. The summed E-state index contributed by atoms with van der Waals surface area (Å²) in [6, 6.07) is 15.2. The van der Waals surface area contributed by atoms with E-state index < -0.39 is 11.3 Å². The average Bonchev–Trinajstić information content (AvgIpc) is 2.73. The molecule has 4 nitrogen and oxygen atoms in total. The van der Waals surface area contributed by atoms with Crippen LogP contribution < -0.4 is 4.90 Å². The lowest BCUT2D eigenvalue weighted by molar-refractivity contribution is -0.130. The minimum absolute atomic E-state index is 0.0157. The summed E-state index contributed by atoms with van der Waals surface area (Å²) in [4.78, 5) is 31.6. The van der Waals surface area contributed by atoms with Crippen LogP contribution in [-0.2, 0) is 15.0 Å². The molecule has 2 aliphatic rings. The van der Waals surface area contributed by atoms with Gasteiger partial charge in [0.1, 0.15) is 5.82 Å². The van der Waals surface area contributed by atoms with E-state index in [1.165, 1.54) is 12.1 Å². The van der Waals surface area contributed by atoms with Crippen LogP contribution in [0.15, 0.2) is 66.4 Å². The molecule has 1 fully saturated rings. The van der Waals surface area contributed by atoms with Crippen molar-refractivity contribution in [3.63, 3.8) is 0 Å². The van der Waals surface area contributed by atoms with Crippen molar-refractivity contribution in [2.75, 3.05) is 11.4 Å². The lowest BCUT2D eigenvalue weighted by Crippen LogP contribution is -2.59. The molecule has 1 amide bonds. The second-order valence-corrected chi connectivity index (χ2v) is 7.36. The van der Waals surface area contributed by atoms with Crippen molar-refractivity contribution < 1.29 is 14.0 Å². The van der Waals surface area contributed by atoms with Gasteiger partial charge in [0, 0.05) is 18.2 Å². The van der Waals surface area contributed by atoms with Gasteiger partial charge in [-0.3, -0.25) is 4.79 Å². The third kappa shape index (κ3) is 2.56. The van der Waals surface area contributed by atoms with Gasteiger partial charge < -0.3 is 9.69 Å². The highest BCUT2D eigenvalue weighted by atomic mass is 19.1. The molecule has 28 heavy (non-hydrogen) atoms. The third-order valence-corrected chi connectivity index (χ3v) is 5.99. The highest BCUT2D eigenvalue weighted by Gasteiger charge is 2.56. The Morgan fingerprint density at radius 1 is 1.11 bits per heavy atom. The zero-order valence-corrected chi connectivity index (χ0v) is 15.4. The average molecular weight is 374 g/mol. The highest BCUT2D eigenvalue weighted by molar-refractivity contribution is 6.09. The predicted octanol–water partition coefficient (Wildman–Crippen LogP) is 4.14. The smallest absolute Gasteiger partial charge is 0.240 e. The van der Waals surface area contributed by atoms with Crippen molar-refractivity contribution in [1.82, 2.24) is 0 Å². The van der Waals surface area contributed by atoms with Gasteiger partial charge in [-0.25, -0.2) is 9.24 Å². The van der Waals surface area contributed by atoms with Crippen molar-refractivity contribution in [2.24, 2.45) is 11.8 Å². The summed E-state index contributed by atoms with van der Waals surface area (Å²) in [5, 5.41) is 0. The number of ketones is 1. The van der Waals surface area contributed by atoms with Gasteiger partial charge in [-0.1, -0.05) is 43.3 Å². The van der Waals surface area contributed by atoms with Crippen LogP contribution in [0.1, 0.15) is 18.9 Å². The molecule has 0 spiro atoms. The zero-order valence-electron chi connectivity index (χ0n) is 15.4. The van der Waals surface area contributed by atoms with Gasteiger partial charge in [0.2, 0.25) is 11.6 Å². The number of fused-ring (bicyclic) bond motifs is 1. The van der Waals surface area contributed by atoms with Crippen LogP contribution in [0, 0.1) is 24.2 Å². The summed E-state index contributed by atoms with van der Waals surface area (Å²) < 4.78 is 13.4. The summed E-state index contributed by atoms with van der Waals surface area (Å²) >= 11 is 0. The van der Waals surface area contributed by atoms with Crippen molar-refractivity contribution >= 4 is 17.4 Å². The van der Waals surface area contributed by atoms with Gasteiger partial charge >= 0.3 is 0 Å². The number of piperidine rings is 1. The van der Waals surface area contributed by atoms with E-state index in [-0.39, 0.29) is 29.1 Å². The number of Topliss-reactive ketones (excluding diaryl/α,β-unsaturated/α-hetero) is 1. The van der Waals surface area contributed by atoms with Crippen molar-refractivity contribution in [1.29, 1.82) is 0 Å². The van der Waals surface area contributed by atoms with E-state index in [0.717, 1.165) is 5.56 Å². The molecule has 0 radical (unpaired) electrons. The summed E-state index contributed by atoms with van der Waals surface area (Å²) in [6.45, 7) is 9.70. The van der Waals surface area contributed by atoms with Crippen molar-refractivity contribution in [3.8, 4) is 0 Å². The summed E-state index contributed by atoms with van der Waals surface area (Å²) in [6.07, 6.45) is 2.19. The fourth-order valence-electron chi connectivity index (χ4n) is 4.58. The molecule has 4 rings (SSSR count). The first-order valence-corrected chi connectivity index (χ1v) is 9.26. The summed E-state index contributed by atoms with van der Waals surface area (Å²) in [7, 11) is 0. The van der Waals surface area contributed by atoms with Gasteiger partial charge in [0.25, 0.3) is 0 Å². The Balaban J connectivity index is 1.92. The monoisotopic (exact) mass is 374 g/mol. The zero-order chi connectivity index (χ0) is 19.9. The van der Waals surface area contributed by atoms with Gasteiger partial charge in [0.15, 0.2) is 5.78 Å². The van der Waals surface area contributed by atoms with Crippen LogP contribution >= 0.6 is 0 Å². The van der Waals surface area contributed by atoms with E-state index >= 15 is 0 Å². The second-order valence-electron chi connectivity index (χ2n) is 7.36. The fraction of sp³-hybridized carbons (Fsp3) is 0.261. The number of nitrogens with zero attached hydrogens (tertiary/aromatic N) is 2. The van der Waals surface area contributed by atoms with Gasteiger partial charge in [0.05, 0.1) is 12.0 Å². The topological polar surface area (TPSA) is 41.7 Å². The third-order valence-electron chi connectivity index (χ3n) is 5.99. The number of hydrogen-bond donors (Lipinski definition) is 0. The van der Waals surface area contributed by atoms with E-state index in [4.69, 9.17) is 6.57 Å². The first-order valence-electron chi connectivity index (χ1n) is 9.26. The molecule has 1 aliphatic carbocycles. The molecule has 5 heteroatoms. The number of allylic oxidation sites excluding steroid dienone is 1. The largest absolute Gasteiger partial charge is 0.311 e. The first-order chi connectivity index (χ1) is 13.5. The molecule has 140 valence electrons. The Hall–Kier alpha value is -3.26. The number of hydrogen-bond acceptors (Lipinski definition) is 2. The van der Waals surface area contributed by atoms with E-state index in [9.17, 15) is 14.0 Å². The molecule has 2 aromatic rings. The molecule has 3 atom stereocenters. The molecule has 1 saturated heterocycles.